The topological polar surface area (TPSA) is 86.5 Å². The molecule has 23 heavy (non-hydrogen) atoms. The summed E-state index contributed by atoms with van der Waals surface area (Å²) in [6, 6.07) is 7.84. The number of carbonyl (C=O) groups is 2. The largest absolute Gasteiger partial charge is 0.454 e. The second kappa shape index (κ2) is 7.46. The van der Waals surface area contributed by atoms with Gasteiger partial charge in [-0.15, -0.1) is 11.3 Å². The highest BCUT2D eigenvalue weighted by Gasteiger charge is 2.15. The van der Waals surface area contributed by atoms with Gasteiger partial charge in [-0.05, 0) is 24.4 Å². The quantitative estimate of drug-likeness (QED) is 0.266. The fourth-order valence-electron chi connectivity index (χ4n) is 1.78. The molecule has 0 saturated carbocycles. The molecule has 0 bridgehead atoms. The van der Waals surface area contributed by atoms with Crippen molar-refractivity contribution in [3.8, 4) is 0 Å². The van der Waals surface area contributed by atoms with E-state index in [0.717, 1.165) is 4.88 Å². The molecule has 0 saturated heterocycles. The molecular weight excluding hydrogens is 318 g/mol. The maximum absolute atomic E-state index is 11.9. The maximum atomic E-state index is 11.9. The number of carbonyl (C=O) groups excluding carboxylic acids is 2. The number of rotatable bonds is 6. The Bertz CT molecular complexity index is 765. The lowest BCUT2D eigenvalue weighted by atomic mass is 10.1. The molecule has 2 aromatic rings. The van der Waals surface area contributed by atoms with Crippen LogP contribution in [0.5, 0.6) is 0 Å². The minimum Gasteiger partial charge on any atom is -0.454 e. The molecule has 7 heteroatoms. The van der Waals surface area contributed by atoms with Gasteiger partial charge in [0.05, 0.1) is 4.92 Å². The van der Waals surface area contributed by atoms with Crippen LogP contribution in [0, 0.1) is 17.0 Å². The van der Waals surface area contributed by atoms with Crippen molar-refractivity contribution in [2.45, 2.75) is 6.92 Å². The Morgan fingerprint density at radius 3 is 2.78 bits per heavy atom. The second-order valence-corrected chi connectivity index (χ2v) is 5.62. The minimum absolute atomic E-state index is 0.136. The first-order valence-corrected chi connectivity index (χ1v) is 7.52. The first kappa shape index (κ1) is 16.6. The van der Waals surface area contributed by atoms with E-state index in [1.54, 1.807) is 13.0 Å². The van der Waals surface area contributed by atoms with Crippen molar-refractivity contribution in [1.29, 1.82) is 0 Å². The number of hydrogen-bond donors (Lipinski definition) is 0. The van der Waals surface area contributed by atoms with Crippen LogP contribution in [-0.2, 0) is 9.53 Å². The predicted octanol–water partition coefficient (Wildman–Crippen LogP) is 3.40. The number of hydrogen-bond acceptors (Lipinski definition) is 6. The van der Waals surface area contributed by atoms with Gasteiger partial charge >= 0.3 is 5.97 Å². The molecule has 2 rings (SSSR count). The zero-order valence-electron chi connectivity index (χ0n) is 12.2. The first-order chi connectivity index (χ1) is 11.0. The summed E-state index contributed by atoms with van der Waals surface area (Å²) in [5.74, 6) is -1.14. The molecule has 0 N–H and O–H groups in total. The maximum Gasteiger partial charge on any atom is 0.331 e. The molecular formula is C16H13NO5S. The molecule has 0 spiro atoms. The number of Topliss-reactive ketones (excluding diaryl/α,β-unsaturated/α-hetero) is 1. The highest BCUT2D eigenvalue weighted by Crippen LogP contribution is 2.19. The van der Waals surface area contributed by atoms with E-state index in [1.165, 1.54) is 35.6 Å². The van der Waals surface area contributed by atoms with E-state index >= 15 is 0 Å². The first-order valence-electron chi connectivity index (χ1n) is 6.64. The molecule has 0 aliphatic heterocycles. The van der Waals surface area contributed by atoms with Gasteiger partial charge in [-0.3, -0.25) is 14.9 Å². The molecule has 1 aromatic carbocycles. The summed E-state index contributed by atoms with van der Waals surface area (Å²) in [5.41, 5.74) is 0.458. The van der Waals surface area contributed by atoms with Crippen molar-refractivity contribution in [3.63, 3.8) is 0 Å². The summed E-state index contributed by atoms with van der Waals surface area (Å²) in [4.78, 5) is 34.7. The van der Waals surface area contributed by atoms with Gasteiger partial charge in [0.25, 0.3) is 5.69 Å². The molecule has 0 unspecified atom stereocenters. The zero-order chi connectivity index (χ0) is 16.8. The van der Waals surface area contributed by atoms with E-state index in [4.69, 9.17) is 4.74 Å². The highest BCUT2D eigenvalue weighted by atomic mass is 32.1. The molecule has 0 radical (unpaired) electrons. The predicted molar refractivity (Wildman–Crippen MR) is 86.5 cm³/mol. The monoisotopic (exact) mass is 331 g/mol. The van der Waals surface area contributed by atoms with Gasteiger partial charge in [0.15, 0.2) is 6.61 Å². The van der Waals surface area contributed by atoms with Crippen LogP contribution < -0.4 is 0 Å². The van der Waals surface area contributed by atoms with E-state index in [-0.39, 0.29) is 11.3 Å². The van der Waals surface area contributed by atoms with Crippen molar-refractivity contribution in [3.05, 3.63) is 67.9 Å². The number of benzene rings is 1. The smallest absolute Gasteiger partial charge is 0.331 e. The summed E-state index contributed by atoms with van der Waals surface area (Å²) in [6.07, 6.45) is 2.82. The van der Waals surface area contributed by atoms with Crippen molar-refractivity contribution >= 4 is 34.9 Å². The Labute approximate surface area is 136 Å². The van der Waals surface area contributed by atoms with Gasteiger partial charge < -0.3 is 4.74 Å². The molecule has 6 nitrogen and oxygen atoms in total. The van der Waals surface area contributed by atoms with E-state index in [2.05, 4.69) is 0 Å². The third kappa shape index (κ3) is 4.58. The molecule has 0 atom stereocenters. The lowest BCUT2D eigenvalue weighted by Crippen LogP contribution is -2.13. The molecule has 0 aliphatic carbocycles. The van der Waals surface area contributed by atoms with E-state index in [1.807, 2.05) is 17.5 Å². The zero-order valence-corrected chi connectivity index (χ0v) is 13.0. The van der Waals surface area contributed by atoms with Crippen LogP contribution in [0.25, 0.3) is 6.08 Å². The number of esters is 1. The lowest BCUT2D eigenvalue weighted by Gasteiger charge is -2.03. The van der Waals surface area contributed by atoms with Gasteiger partial charge in [-0.1, -0.05) is 18.2 Å². The van der Waals surface area contributed by atoms with Crippen molar-refractivity contribution < 1.29 is 19.2 Å². The number of nitro benzene ring substituents is 1. The third-order valence-corrected chi connectivity index (χ3v) is 3.84. The molecule has 1 aromatic heterocycles. The minimum atomic E-state index is -0.645. The SMILES string of the molecule is Cc1ccc(C(=O)COC(=O)/C=C/c2cccs2)cc1[N+](=O)[O-]. The van der Waals surface area contributed by atoms with E-state index in [0.29, 0.717) is 5.56 Å². The summed E-state index contributed by atoms with van der Waals surface area (Å²) < 4.78 is 4.85. The Morgan fingerprint density at radius 1 is 1.35 bits per heavy atom. The van der Waals surface area contributed by atoms with E-state index < -0.39 is 23.3 Å². The van der Waals surface area contributed by atoms with Crippen LogP contribution in [0.2, 0.25) is 0 Å². The molecule has 0 aliphatic rings. The molecule has 118 valence electrons. The number of nitro groups is 1. The number of thiophene rings is 1. The van der Waals surface area contributed by atoms with Crippen LogP contribution in [0.4, 0.5) is 5.69 Å². The van der Waals surface area contributed by atoms with Crippen molar-refractivity contribution in [2.24, 2.45) is 0 Å². The molecule has 1 heterocycles. The Balaban J connectivity index is 1.95. The fraction of sp³-hybridized carbons (Fsp3) is 0.125. The van der Waals surface area contributed by atoms with Gasteiger partial charge in [-0.25, -0.2) is 4.79 Å². The fourth-order valence-corrected chi connectivity index (χ4v) is 2.40. The number of aryl methyl sites for hydroxylation is 1. The highest BCUT2D eigenvalue weighted by molar-refractivity contribution is 7.10. The standard InChI is InChI=1S/C16H13NO5S/c1-11-4-5-12(9-14(11)17(20)21)15(18)10-22-16(19)7-6-13-3-2-8-23-13/h2-9H,10H2,1H3/b7-6+. The van der Waals surface area contributed by atoms with Crippen LogP contribution in [0.3, 0.4) is 0 Å². The number of ketones is 1. The van der Waals surface area contributed by atoms with E-state index in [9.17, 15) is 19.7 Å². The Hall–Kier alpha value is -2.80. The van der Waals surface area contributed by atoms with Crippen LogP contribution in [0.1, 0.15) is 20.8 Å². The summed E-state index contributed by atoms with van der Waals surface area (Å²) in [6.45, 7) is 1.12. The van der Waals surface area contributed by atoms with Crippen molar-refractivity contribution in [2.75, 3.05) is 6.61 Å². The van der Waals surface area contributed by atoms with Gasteiger partial charge in [0.2, 0.25) is 5.78 Å². The average Bonchev–Trinajstić information content (AvgIpc) is 3.04. The van der Waals surface area contributed by atoms with Crippen molar-refractivity contribution in [1.82, 2.24) is 0 Å². The summed E-state index contributed by atoms with van der Waals surface area (Å²) >= 11 is 1.47. The van der Waals surface area contributed by atoms with Crippen LogP contribution in [-0.4, -0.2) is 23.3 Å². The van der Waals surface area contributed by atoms with Crippen LogP contribution in [0.15, 0.2) is 41.8 Å². The lowest BCUT2D eigenvalue weighted by molar-refractivity contribution is -0.385. The summed E-state index contributed by atoms with van der Waals surface area (Å²) in [5, 5.41) is 12.7. The molecule has 0 amide bonds. The van der Waals surface area contributed by atoms with Gasteiger partial charge in [0, 0.05) is 28.1 Å². The molecule has 0 fully saturated rings. The second-order valence-electron chi connectivity index (χ2n) is 4.64. The normalized spacial score (nSPS) is 10.7. The Morgan fingerprint density at radius 2 is 2.13 bits per heavy atom. The summed E-state index contributed by atoms with van der Waals surface area (Å²) in [7, 11) is 0. The van der Waals surface area contributed by atoms with Gasteiger partial charge in [0.1, 0.15) is 0 Å². The van der Waals surface area contributed by atoms with Gasteiger partial charge in [-0.2, -0.15) is 0 Å². The number of nitrogens with zero attached hydrogens (tertiary/aromatic N) is 1. The van der Waals surface area contributed by atoms with Crippen LogP contribution >= 0.6 is 11.3 Å². The number of ether oxygens (including phenoxy) is 1. The average molecular weight is 331 g/mol. The Kier molecular flexibility index (Phi) is 5.37. The third-order valence-electron chi connectivity index (χ3n) is 3.00.